The number of hydrogen-bond acceptors (Lipinski definition) is 3. The highest BCUT2D eigenvalue weighted by molar-refractivity contribution is 5.98. The van der Waals surface area contributed by atoms with Gasteiger partial charge in [-0.1, -0.05) is 0 Å². The number of aromatic nitrogens is 2. The molecule has 0 unspecified atom stereocenters. The van der Waals surface area contributed by atoms with Crippen LogP contribution >= 0.6 is 0 Å². The highest BCUT2D eigenvalue weighted by Crippen LogP contribution is 2.23. The Morgan fingerprint density at radius 2 is 2.05 bits per heavy atom. The lowest BCUT2D eigenvalue weighted by Gasteiger charge is -2.08. The van der Waals surface area contributed by atoms with Gasteiger partial charge in [-0.05, 0) is 18.2 Å². The molecule has 1 aromatic heterocycles. The number of nitrogens with two attached hydrogens (primary N) is 1. The Bertz CT molecular complexity index is 725. The average Bonchev–Trinajstić information content (AvgIpc) is 2.35. The van der Waals surface area contributed by atoms with Gasteiger partial charge in [0.2, 0.25) is 0 Å². The Kier molecular flexibility index (Phi) is 3.12. The first kappa shape index (κ1) is 12.9. The molecule has 0 saturated heterocycles. The second-order valence-corrected chi connectivity index (χ2v) is 3.89. The van der Waals surface area contributed by atoms with E-state index in [-0.39, 0.29) is 16.8 Å². The largest absolute Gasteiger partial charge is 0.365 e. The van der Waals surface area contributed by atoms with E-state index in [2.05, 4.69) is 4.98 Å². The van der Waals surface area contributed by atoms with Crippen LogP contribution in [0.3, 0.4) is 0 Å². The molecule has 0 atom stereocenters. The van der Waals surface area contributed by atoms with Gasteiger partial charge in [0, 0.05) is 18.8 Å². The lowest BCUT2D eigenvalue weighted by molar-refractivity contribution is 0.1000. The molecule has 0 bridgehead atoms. The predicted octanol–water partition coefficient (Wildman–Crippen LogP) is 0.824. The first-order chi connectivity index (χ1) is 8.90. The van der Waals surface area contributed by atoms with Gasteiger partial charge in [-0.15, -0.1) is 0 Å². The van der Waals surface area contributed by atoms with Crippen molar-refractivity contribution in [1.29, 1.82) is 0 Å². The van der Waals surface area contributed by atoms with Gasteiger partial charge in [-0.3, -0.25) is 4.79 Å². The van der Waals surface area contributed by atoms with Crippen LogP contribution in [0.5, 0.6) is 0 Å². The fourth-order valence-electron chi connectivity index (χ4n) is 1.61. The smallest absolute Gasteiger partial charge is 0.347 e. The SMILES string of the molecule is Cn1cc(C(N)=O)c(-c2cc(F)ccc2F)nc1=O. The van der Waals surface area contributed by atoms with Crippen LogP contribution in [0.25, 0.3) is 11.3 Å². The van der Waals surface area contributed by atoms with E-state index in [4.69, 9.17) is 5.73 Å². The van der Waals surface area contributed by atoms with Crippen molar-refractivity contribution >= 4 is 5.91 Å². The number of aryl methyl sites for hydroxylation is 1. The van der Waals surface area contributed by atoms with E-state index in [1.807, 2.05) is 0 Å². The zero-order chi connectivity index (χ0) is 14.2. The number of primary amides is 1. The maximum atomic E-state index is 13.7. The Hall–Kier alpha value is -2.57. The maximum Gasteiger partial charge on any atom is 0.347 e. The number of benzene rings is 1. The van der Waals surface area contributed by atoms with E-state index in [0.717, 1.165) is 29.0 Å². The summed E-state index contributed by atoms with van der Waals surface area (Å²) in [7, 11) is 1.37. The summed E-state index contributed by atoms with van der Waals surface area (Å²) in [5, 5.41) is 0. The minimum atomic E-state index is -0.887. The highest BCUT2D eigenvalue weighted by Gasteiger charge is 2.17. The normalized spacial score (nSPS) is 10.5. The molecular weight excluding hydrogens is 256 g/mol. The summed E-state index contributed by atoms with van der Waals surface area (Å²) in [6, 6.07) is 2.65. The topological polar surface area (TPSA) is 78.0 Å². The molecule has 1 heterocycles. The third-order valence-electron chi connectivity index (χ3n) is 2.54. The molecule has 0 radical (unpaired) electrons. The van der Waals surface area contributed by atoms with Gasteiger partial charge in [-0.25, -0.2) is 13.6 Å². The van der Waals surface area contributed by atoms with E-state index in [1.54, 1.807) is 0 Å². The molecule has 1 aromatic carbocycles. The molecule has 98 valence electrons. The van der Waals surface area contributed by atoms with E-state index < -0.39 is 23.2 Å². The quantitative estimate of drug-likeness (QED) is 0.873. The van der Waals surface area contributed by atoms with E-state index >= 15 is 0 Å². The number of rotatable bonds is 2. The predicted molar refractivity (Wildman–Crippen MR) is 63.3 cm³/mol. The average molecular weight is 265 g/mol. The van der Waals surface area contributed by atoms with Gasteiger partial charge < -0.3 is 10.3 Å². The van der Waals surface area contributed by atoms with Crippen LogP contribution < -0.4 is 11.4 Å². The maximum absolute atomic E-state index is 13.7. The highest BCUT2D eigenvalue weighted by atomic mass is 19.1. The summed E-state index contributed by atoms with van der Waals surface area (Å²) in [4.78, 5) is 26.3. The third kappa shape index (κ3) is 2.35. The fourth-order valence-corrected chi connectivity index (χ4v) is 1.61. The molecular formula is C12H9F2N3O2. The summed E-state index contributed by atoms with van der Waals surface area (Å²) in [5.41, 5.74) is 3.73. The fraction of sp³-hybridized carbons (Fsp3) is 0.0833. The Morgan fingerprint density at radius 3 is 2.68 bits per heavy atom. The molecule has 0 aliphatic rings. The molecule has 7 heteroatoms. The van der Waals surface area contributed by atoms with Crippen molar-refractivity contribution in [2.24, 2.45) is 12.8 Å². The first-order valence-corrected chi connectivity index (χ1v) is 5.23. The second-order valence-electron chi connectivity index (χ2n) is 3.89. The van der Waals surface area contributed by atoms with E-state index in [1.165, 1.54) is 7.05 Å². The van der Waals surface area contributed by atoms with Crippen molar-refractivity contribution in [2.75, 3.05) is 0 Å². The monoisotopic (exact) mass is 265 g/mol. The number of carbonyl (C=O) groups excluding carboxylic acids is 1. The third-order valence-corrected chi connectivity index (χ3v) is 2.54. The number of hydrogen-bond donors (Lipinski definition) is 1. The summed E-state index contributed by atoms with van der Waals surface area (Å²) < 4.78 is 27.8. The van der Waals surface area contributed by atoms with Crippen LogP contribution in [0.4, 0.5) is 8.78 Å². The first-order valence-electron chi connectivity index (χ1n) is 5.23. The second kappa shape index (κ2) is 4.60. The number of amides is 1. The van der Waals surface area contributed by atoms with Gasteiger partial charge in [0.1, 0.15) is 11.6 Å². The van der Waals surface area contributed by atoms with E-state index in [9.17, 15) is 18.4 Å². The van der Waals surface area contributed by atoms with Crippen molar-refractivity contribution in [3.63, 3.8) is 0 Å². The van der Waals surface area contributed by atoms with Gasteiger partial charge in [0.05, 0.1) is 11.3 Å². The Labute approximate surface area is 106 Å². The minimum absolute atomic E-state index is 0.161. The molecule has 0 spiro atoms. The zero-order valence-electron chi connectivity index (χ0n) is 9.85. The molecule has 1 amide bonds. The van der Waals surface area contributed by atoms with Crippen molar-refractivity contribution in [1.82, 2.24) is 9.55 Å². The summed E-state index contributed by atoms with van der Waals surface area (Å²) in [6.07, 6.45) is 1.14. The van der Waals surface area contributed by atoms with Gasteiger partial charge in [-0.2, -0.15) is 4.98 Å². The molecule has 0 aliphatic heterocycles. The van der Waals surface area contributed by atoms with Crippen molar-refractivity contribution in [2.45, 2.75) is 0 Å². The van der Waals surface area contributed by atoms with Crippen LogP contribution in [0.1, 0.15) is 10.4 Å². The van der Waals surface area contributed by atoms with E-state index in [0.29, 0.717) is 0 Å². The number of carbonyl (C=O) groups is 1. The molecule has 0 saturated carbocycles. The number of nitrogens with zero attached hydrogens (tertiary/aromatic N) is 2. The van der Waals surface area contributed by atoms with Crippen LogP contribution in [0.15, 0.2) is 29.2 Å². The van der Waals surface area contributed by atoms with Crippen LogP contribution in [-0.4, -0.2) is 15.5 Å². The van der Waals surface area contributed by atoms with Crippen LogP contribution in [-0.2, 0) is 7.05 Å². The van der Waals surface area contributed by atoms with Crippen LogP contribution in [0, 0.1) is 11.6 Å². The lowest BCUT2D eigenvalue weighted by Crippen LogP contribution is -2.25. The van der Waals surface area contributed by atoms with Gasteiger partial charge >= 0.3 is 5.69 Å². The number of halogens is 2. The summed E-state index contributed by atoms with van der Waals surface area (Å²) in [5.74, 6) is -2.40. The van der Waals surface area contributed by atoms with Crippen molar-refractivity contribution in [3.8, 4) is 11.3 Å². The molecule has 2 N–H and O–H groups in total. The van der Waals surface area contributed by atoms with Crippen molar-refractivity contribution < 1.29 is 13.6 Å². The zero-order valence-corrected chi connectivity index (χ0v) is 9.85. The molecule has 2 rings (SSSR count). The molecule has 19 heavy (non-hydrogen) atoms. The molecule has 0 fully saturated rings. The van der Waals surface area contributed by atoms with Gasteiger partial charge in [0.25, 0.3) is 5.91 Å². The molecule has 5 nitrogen and oxygen atoms in total. The standard InChI is InChI=1S/C12H9F2N3O2/c1-17-5-8(11(15)18)10(16-12(17)19)7-4-6(13)2-3-9(7)14/h2-5H,1H3,(H2,15,18). The molecule has 0 aliphatic carbocycles. The summed E-state index contributed by atoms with van der Waals surface area (Å²) >= 11 is 0. The minimum Gasteiger partial charge on any atom is -0.365 e. The Balaban J connectivity index is 2.81. The Morgan fingerprint density at radius 1 is 1.37 bits per heavy atom. The lowest BCUT2D eigenvalue weighted by atomic mass is 10.1. The summed E-state index contributed by atoms with van der Waals surface area (Å²) in [6.45, 7) is 0. The van der Waals surface area contributed by atoms with Crippen LogP contribution in [0.2, 0.25) is 0 Å². The van der Waals surface area contributed by atoms with Crippen molar-refractivity contribution in [3.05, 3.63) is 52.1 Å². The molecule has 2 aromatic rings. The van der Waals surface area contributed by atoms with Gasteiger partial charge in [0.15, 0.2) is 0 Å².